The van der Waals surface area contributed by atoms with Crippen LogP contribution in [0, 0.1) is 5.92 Å². The van der Waals surface area contributed by atoms with Gasteiger partial charge in [0, 0.05) is 6.54 Å². The van der Waals surface area contributed by atoms with Gasteiger partial charge in [-0.1, -0.05) is 32.4 Å². The quantitative estimate of drug-likeness (QED) is 0.723. The van der Waals surface area contributed by atoms with E-state index < -0.39 is 6.04 Å². The summed E-state index contributed by atoms with van der Waals surface area (Å²) in [5, 5.41) is 12.0. The Bertz CT molecular complexity index is 379. The standard InChI is InChI=1S/C13H20N2O2/c1-3-9(2)12(14)13(17)15-8-10-5-4-6-11(16)7-10/h4-7,9,12,16H,3,8,14H2,1-2H3,(H,15,17). The van der Waals surface area contributed by atoms with Gasteiger partial charge in [-0.25, -0.2) is 0 Å². The first kappa shape index (κ1) is 13.5. The maximum absolute atomic E-state index is 11.7. The largest absolute Gasteiger partial charge is 0.508 e. The van der Waals surface area contributed by atoms with E-state index in [1.165, 1.54) is 0 Å². The molecule has 0 saturated carbocycles. The smallest absolute Gasteiger partial charge is 0.237 e. The van der Waals surface area contributed by atoms with Crippen LogP contribution in [0.2, 0.25) is 0 Å². The Morgan fingerprint density at radius 2 is 2.24 bits per heavy atom. The van der Waals surface area contributed by atoms with Crippen LogP contribution in [0.5, 0.6) is 5.75 Å². The minimum Gasteiger partial charge on any atom is -0.508 e. The molecule has 0 bridgehead atoms. The van der Waals surface area contributed by atoms with Gasteiger partial charge in [0.05, 0.1) is 6.04 Å². The van der Waals surface area contributed by atoms with Crippen molar-refractivity contribution in [3.05, 3.63) is 29.8 Å². The zero-order valence-corrected chi connectivity index (χ0v) is 10.3. The number of nitrogens with one attached hydrogen (secondary N) is 1. The van der Waals surface area contributed by atoms with Gasteiger partial charge in [-0.2, -0.15) is 0 Å². The summed E-state index contributed by atoms with van der Waals surface area (Å²) < 4.78 is 0. The number of aromatic hydroxyl groups is 1. The number of benzene rings is 1. The van der Waals surface area contributed by atoms with Gasteiger partial charge in [-0.05, 0) is 23.6 Å². The zero-order valence-electron chi connectivity index (χ0n) is 10.3. The molecular weight excluding hydrogens is 216 g/mol. The second-order valence-corrected chi connectivity index (χ2v) is 4.30. The second-order valence-electron chi connectivity index (χ2n) is 4.30. The third-order valence-electron chi connectivity index (χ3n) is 2.94. The average Bonchev–Trinajstić information content (AvgIpc) is 2.34. The number of phenolic OH excluding ortho intramolecular Hbond substituents is 1. The van der Waals surface area contributed by atoms with Crippen LogP contribution < -0.4 is 11.1 Å². The molecule has 2 unspecified atom stereocenters. The number of carbonyl (C=O) groups is 1. The van der Waals surface area contributed by atoms with Crippen LogP contribution in [0.25, 0.3) is 0 Å². The highest BCUT2D eigenvalue weighted by molar-refractivity contribution is 5.81. The molecule has 1 rings (SSSR count). The van der Waals surface area contributed by atoms with Crippen LogP contribution in [0.3, 0.4) is 0 Å². The van der Waals surface area contributed by atoms with Gasteiger partial charge < -0.3 is 16.2 Å². The van der Waals surface area contributed by atoms with Crippen molar-refractivity contribution in [3.63, 3.8) is 0 Å². The Balaban J connectivity index is 2.48. The summed E-state index contributed by atoms with van der Waals surface area (Å²) in [6, 6.07) is 6.32. The van der Waals surface area contributed by atoms with Crippen LogP contribution in [-0.4, -0.2) is 17.1 Å². The van der Waals surface area contributed by atoms with E-state index in [1.54, 1.807) is 18.2 Å². The third-order valence-corrected chi connectivity index (χ3v) is 2.94. The lowest BCUT2D eigenvalue weighted by Gasteiger charge is -2.17. The summed E-state index contributed by atoms with van der Waals surface area (Å²) >= 11 is 0. The Kier molecular flexibility index (Phi) is 4.97. The number of hydrogen-bond donors (Lipinski definition) is 3. The molecular formula is C13H20N2O2. The minimum absolute atomic E-state index is 0.150. The second kappa shape index (κ2) is 6.25. The molecule has 0 aliphatic carbocycles. The van der Waals surface area contributed by atoms with Gasteiger partial charge in [-0.3, -0.25) is 4.79 Å². The van der Waals surface area contributed by atoms with E-state index in [2.05, 4.69) is 5.32 Å². The molecule has 0 radical (unpaired) electrons. The summed E-state index contributed by atoms with van der Waals surface area (Å²) in [6.07, 6.45) is 0.876. The van der Waals surface area contributed by atoms with Gasteiger partial charge in [-0.15, -0.1) is 0 Å². The lowest BCUT2D eigenvalue weighted by Crippen LogP contribution is -2.44. The maximum Gasteiger partial charge on any atom is 0.237 e. The number of nitrogens with two attached hydrogens (primary N) is 1. The van der Waals surface area contributed by atoms with Gasteiger partial charge in [0.15, 0.2) is 0 Å². The van der Waals surface area contributed by atoms with Gasteiger partial charge >= 0.3 is 0 Å². The molecule has 0 aliphatic heterocycles. The van der Waals surface area contributed by atoms with Gasteiger partial charge in [0.1, 0.15) is 5.75 Å². The first-order chi connectivity index (χ1) is 8.04. The van der Waals surface area contributed by atoms with Crippen LogP contribution in [-0.2, 0) is 11.3 Å². The van der Waals surface area contributed by atoms with Crippen LogP contribution in [0.1, 0.15) is 25.8 Å². The highest BCUT2D eigenvalue weighted by atomic mass is 16.3. The molecule has 4 N–H and O–H groups in total. The van der Waals surface area contributed by atoms with Crippen molar-refractivity contribution in [2.24, 2.45) is 11.7 Å². The summed E-state index contributed by atoms with van der Waals surface area (Å²) in [4.78, 5) is 11.7. The van der Waals surface area contributed by atoms with Crippen molar-refractivity contribution < 1.29 is 9.90 Å². The molecule has 0 heterocycles. The first-order valence-electron chi connectivity index (χ1n) is 5.85. The van der Waals surface area contributed by atoms with E-state index in [4.69, 9.17) is 5.73 Å². The Labute approximate surface area is 102 Å². The Morgan fingerprint density at radius 1 is 1.53 bits per heavy atom. The van der Waals surface area contributed by atoms with Gasteiger partial charge in [0.2, 0.25) is 5.91 Å². The zero-order chi connectivity index (χ0) is 12.8. The van der Waals surface area contributed by atoms with E-state index >= 15 is 0 Å². The SMILES string of the molecule is CCC(C)C(N)C(=O)NCc1cccc(O)c1. The monoisotopic (exact) mass is 236 g/mol. The summed E-state index contributed by atoms with van der Waals surface area (Å²) in [5.41, 5.74) is 6.66. The van der Waals surface area contributed by atoms with E-state index in [1.807, 2.05) is 19.9 Å². The molecule has 4 nitrogen and oxygen atoms in total. The van der Waals surface area contributed by atoms with Crippen molar-refractivity contribution >= 4 is 5.91 Å². The summed E-state index contributed by atoms with van der Waals surface area (Å²) in [6.45, 7) is 4.35. The summed E-state index contributed by atoms with van der Waals surface area (Å²) in [5.74, 6) is 0.213. The number of amides is 1. The van der Waals surface area contributed by atoms with Crippen molar-refractivity contribution in [3.8, 4) is 5.75 Å². The van der Waals surface area contributed by atoms with E-state index in [0.29, 0.717) is 6.54 Å². The molecule has 0 aromatic heterocycles. The number of carbonyl (C=O) groups excluding carboxylic acids is 1. The van der Waals surface area contributed by atoms with Crippen molar-refractivity contribution in [1.29, 1.82) is 0 Å². The predicted octanol–water partition coefficient (Wildman–Crippen LogP) is 1.38. The lowest BCUT2D eigenvalue weighted by atomic mass is 9.99. The maximum atomic E-state index is 11.7. The van der Waals surface area contributed by atoms with E-state index in [0.717, 1.165) is 12.0 Å². The Morgan fingerprint density at radius 3 is 2.82 bits per heavy atom. The fourth-order valence-corrected chi connectivity index (χ4v) is 1.49. The van der Waals surface area contributed by atoms with Crippen LogP contribution in [0.15, 0.2) is 24.3 Å². The van der Waals surface area contributed by atoms with Crippen LogP contribution >= 0.6 is 0 Å². The average molecular weight is 236 g/mol. The van der Waals surface area contributed by atoms with Crippen molar-refractivity contribution in [2.45, 2.75) is 32.9 Å². The molecule has 0 aliphatic rings. The van der Waals surface area contributed by atoms with Crippen molar-refractivity contribution in [1.82, 2.24) is 5.32 Å². The molecule has 1 amide bonds. The Hall–Kier alpha value is -1.55. The minimum atomic E-state index is -0.475. The normalized spacial score (nSPS) is 14.1. The molecule has 0 spiro atoms. The van der Waals surface area contributed by atoms with Crippen molar-refractivity contribution in [2.75, 3.05) is 0 Å². The molecule has 17 heavy (non-hydrogen) atoms. The number of rotatable bonds is 5. The molecule has 2 atom stereocenters. The molecule has 1 aromatic carbocycles. The predicted molar refractivity (Wildman–Crippen MR) is 67.4 cm³/mol. The summed E-state index contributed by atoms with van der Waals surface area (Å²) in [7, 11) is 0. The van der Waals surface area contributed by atoms with E-state index in [-0.39, 0.29) is 17.6 Å². The molecule has 0 fully saturated rings. The third kappa shape index (κ3) is 4.07. The molecule has 0 saturated heterocycles. The molecule has 4 heteroatoms. The molecule has 94 valence electrons. The van der Waals surface area contributed by atoms with Crippen LogP contribution in [0.4, 0.5) is 0 Å². The number of phenols is 1. The molecule has 1 aromatic rings. The highest BCUT2D eigenvalue weighted by Gasteiger charge is 2.18. The lowest BCUT2D eigenvalue weighted by molar-refractivity contribution is -0.123. The fraction of sp³-hybridized carbons (Fsp3) is 0.462. The fourth-order valence-electron chi connectivity index (χ4n) is 1.49. The highest BCUT2D eigenvalue weighted by Crippen LogP contribution is 2.11. The topological polar surface area (TPSA) is 75.4 Å². The first-order valence-corrected chi connectivity index (χ1v) is 5.85. The van der Waals surface area contributed by atoms with Gasteiger partial charge in [0.25, 0.3) is 0 Å². The van der Waals surface area contributed by atoms with E-state index in [9.17, 15) is 9.90 Å². The number of hydrogen-bond acceptors (Lipinski definition) is 3.